The first kappa shape index (κ1) is 22.9. The summed E-state index contributed by atoms with van der Waals surface area (Å²) in [5.74, 6) is -1.22. The van der Waals surface area contributed by atoms with Gasteiger partial charge in [-0.25, -0.2) is 4.39 Å². The van der Waals surface area contributed by atoms with Gasteiger partial charge in [0.2, 0.25) is 11.8 Å². The molecule has 0 spiro atoms. The van der Waals surface area contributed by atoms with Gasteiger partial charge in [0.15, 0.2) is 5.78 Å². The molecule has 0 aliphatic carbocycles. The molecule has 0 saturated carbocycles. The first-order chi connectivity index (χ1) is 15.8. The molecule has 2 amide bonds. The molecule has 0 bridgehead atoms. The third kappa shape index (κ3) is 4.61. The molecule has 4 rings (SSSR count). The second-order valence-corrected chi connectivity index (χ2v) is 8.65. The number of fused-ring (bicyclic) bond motifs is 1. The van der Waals surface area contributed by atoms with Crippen LogP contribution in [0.2, 0.25) is 5.02 Å². The number of carbonyl (C=O) groups is 3. The number of carbonyl (C=O) groups excluding carboxylic acids is 3. The van der Waals surface area contributed by atoms with Gasteiger partial charge in [0.25, 0.3) is 0 Å². The van der Waals surface area contributed by atoms with Gasteiger partial charge >= 0.3 is 0 Å². The van der Waals surface area contributed by atoms with Gasteiger partial charge in [-0.05, 0) is 38.8 Å². The normalized spacial score (nSPS) is 15.8. The zero-order valence-corrected chi connectivity index (χ0v) is 19.2. The van der Waals surface area contributed by atoms with E-state index in [-0.39, 0.29) is 41.3 Å². The number of ketones is 1. The Balaban J connectivity index is 1.49. The van der Waals surface area contributed by atoms with Crippen LogP contribution in [0.5, 0.6) is 0 Å². The predicted molar refractivity (Wildman–Crippen MR) is 122 cm³/mol. The van der Waals surface area contributed by atoms with E-state index in [0.29, 0.717) is 30.5 Å². The predicted octanol–water partition coefficient (Wildman–Crippen LogP) is 3.65. The molecule has 1 atom stereocenters. The Labute approximate surface area is 195 Å². The number of Topliss-reactive ketones (excluding diaryl/α,β-unsaturated/α-hetero) is 1. The van der Waals surface area contributed by atoms with Crippen LogP contribution in [-0.2, 0) is 22.7 Å². The van der Waals surface area contributed by atoms with Crippen molar-refractivity contribution >= 4 is 40.1 Å². The number of nitrogens with one attached hydrogen (secondary N) is 1. The van der Waals surface area contributed by atoms with Crippen LogP contribution in [0.1, 0.15) is 41.4 Å². The van der Waals surface area contributed by atoms with Crippen LogP contribution in [0.25, 0.3) is 10.9 Å². The summed E-state index contributed by atoms with van der Waals surface area (Å²) >= 11 is 5.80. The highest BCUT2D eigenvalue weighted by molar-refractivity contribution is 6.30. The lowest BCUT2D eigenvalue weighted by atomic mass is 10.1. The highest BCUT2D eigenvalue weighted by Gasteiger charge is 2.34. The van der Waals surface area contributed by atoms with Crippen molar-refractivity contribution in [2.75, 3.05) is 6.54 Å². The van der Waals surface area contributed by atoms with Gasteiger partial charge in [0.05, 0.1) is 16.7 Å². The van der Waals surface area contributed by atoms with E-state index >= 15 is 0 Å². The van der Waals surface area contributed by atoms with Crippen LogP contribution < -0.4 is 5.32 Å². The quantitative estimate of drug-likeness (QED) is 0.557. The molecule has 1 fully saturated rings. The molecule has 0 radical (unpaired) electrons. The zero-order chi connectivity index (χ0) is 23.7. The number of aryl methyl sites for hydroxylation is 1. The highest BCUT2D eigenvalue weighted by Crippen LogP contribution is 2.24. The fourth-order valence-corrected chi connectivity index (χ4v) is 4.46. The SMILES string of the molecule is CC(=O)c1cn(CC(=O)N2CCC[C@H]2C(=O)NCc2cccc(Cl)c2F)c2cnc(C)cc12. The monoisotopic (exact) mass is 470 g/mol. The molecule has 172 valence electrons. The number of benzene rings is 1. The Bertz CT molecular complexity index is 1260. The van der Waals surface area contributed by atoms with Gasteiger partial charge in [-0.3, -0.25) is 19.4 Å². The van der Waals surface area contributed by atoms with Crippen molar-refractivity contribution in [1.29, 1.82) is 0 Å². The van der Waals surface area contributed by atoms with Crippen LogP contribution in [0.4, 0.5) is 4.39 Å². The summed E-state index contributed by atoms with van der Waals surface area (Å²) in [6, 6.07) is 5.81. The Morgan fingerprint density at radius 3 is 2.85 bits per heavy atom. The van der Waals surface area contributed by atoms with E-state index in [4.69, 9.17) is 11.6 Å². The van der Waals surface area contributed by atoms with Gasteiger partial charge in [-0.1, -0.05) is 23.7 Å². The van der Waals surface area contributed by atoms with Crippen molar-refractivity contribution in [2.24, 2.45) is 0 Å². The second kappa shape index (κ2) is 9.31. The maximum atomic E-state index is 14.1. The van der Waals surface area contributed by atoms with Crippen molar-refractivity contribution < 1.29 is 18.8 Å². The van der Waals surface area contributed by atoms with Crippen LogP contribution in [0.15, 0.2) is 36.7 Å². The van der Waals surface area contributed by atoms with Crippen molar-refractivity contribution in [1.82, 2.24) is 19.8 Å². The number of halogens is 2. The van der Waals surface area contributed by atoms with E-state index < -0.39 is 11.9 Å². The van der Waals surface area contributed by atoms with Gasteiger partial charge in [0.1, 0.15) is 18.4 Å². The Morgan fingerprint density at radius 1 is 1.30 bits per heavy atom. The van der Waals surface area contributed by atoms with Gasteiger partial charge < -0.3 is 14.8 Å². The van der Waals surface area contributed by atoms with Crippen molar-refractivity contribution in [3.8, 4) is 0 Å². The van der Waals surface area contributed by atoms with E-state index in [1.54, 1.807) is 34.0 Å². The molecular weight excluding hydrogens is 447 g/mol. The van der Waals surface area contributed by atoms with E-state index in [2.05, 4.69) is 10.3 Å². The van der Waals surface area contributed by atoms with Crippen LogP contribution in [0, 0.1) is 12.7 Å². The van der Waals surface area contributed by atoms with E-state index in [1.165, 1.54) is 13.0 Å². The largest absolute Gasteiger partial charge is 0.350 e. The fraction of sp³-hybridized carbons (Fsp3) is 0.333. The lowest BCUT2D eigenvalue weighted by Gasteiger charge is -2.24. The minimum atomic E-state index is -0.630. The molecular formula is C24H24ClFN4O3. The minimum absolute atomic E-state index is 0.00650. The third-order valence-corrected chi connectivity index (χ3v) is 6.24. The lowest BCUT2D eigenvalue weighted by molar-refractivity contribution is -0.138. The van der Waals surface area contributed by atoms with Gasteiger partial charge in [0, 0.05) is 41.5 Å². The van der Waals surface area contributed by atoms with Crippen LogP contribution >= 0.6 is 11.6 Å². The highest BCUT2D eigenvalue weighted by atomic mass is 35.5. The summed E-state index contributed by atoms with van der Waals surface area (Å²) in [5, 5.41) is 3.47. The molecule has 9 heteroatoms. The summed E-state index contributed by atoms with van der Waals surface area (Å²) < 4.78 is 15.8. The van der Waals surface area contributed by atoms with E-state index in [9.17, 15) is 18.8 Å². The van der Waals surface area contributed by atoms with Gasteiger partial charge in [-0.2, -0.15) is 0 Å². The van der Waals surface area contributed by atoms with Crippen molar-refractivity contribution in [3.05, 3.63) is 64.3 Å². The van der Waals surface area contributed by atoms with Crippen molar-refractivity contribution in [2.45, 2.75) is 45.8 Å². The van der Waals surface area contributed by atoms with Crippen LogP contribution in [0.3, 0.4) is 0 Å². The average Bonchev–Trinajstić information content (AvgIpc) is 3.40. The average molecular weight is 471 g/mol. The lowest BCUT2D eigenvalue weighted by Crippen LogP contribution is -2.46. The summed E-state index contributed by atoms with van der Waals surface area (Å²) in [5.41, 5.74) is 2.28. The zero-order valence-electron chi connectivity index (χ0n) is 18.4. The summed E-state index contributed by atoms with van der Waals surface area (Å²) in [4.78, 5) is 43.9. The van der Waals surface area contributed by atoms with Crippen molar-refractivity contribution in [3.63, 3.8) is 0 Å². The number of rotatable bonds is 6. The number of nitrogens with zero attached hydrogens (tertiary/aromatic N) is 3. The van der Waals surface area contributed by atoms with Crippen LogP contribution in [-0.4, -0.2) is 44.6 Å². The Kier molecular flexibility index (Phi) is 6.47. The third-order valence-electron chi connectivity index (χ3n) is 5.95. The topological polar surface area (TPSA) is 84.3 Å². The molecule has 3 heterocycles. The molecule has 0 unspecified atom stereocenters. The summed E-state index contributed by atoms with van der Waals surface area (Å²) in [7, 11) is 0. The Morgan fingerprint density at radius 2 is 2.09 bits per heavy atom. The molecule has 1 aliphatic heterocycles. The molecule has 7 nitrogen and oxygen atoms in total. The standard InChI is InChI=1S/C24H24ClFN4O3/c1-14-9-17-18(15(2)31)12-29(21(17)11-27-14)13-22(32)30-8-4-7-20(30)24(33)28-10-16-5-3-6-19(25)23(16)26/h3,5-6,9,11-12,20H,4,7-8,10,13H2,1-2H3,(H,28,33)/t20-/m0/s1. The minimum Gasteiger partial charge on any atom is -0.350 e. The molecule has 1 N–H and O–H groups in total. The number of amides is 2. The van der Waals surface area contributed by atoms with E-state index in [0.717, 1.165) is 11.1 Å². The Hall–Kier alpha value is -3.26. The molecule has 1 saturated heterocycles. The second-order valence-electron chi connectivity index (χ2n) is 8.25. The number of likely N-dealkylation sites (tertiary alicyclic amines) is 1. The molecule has 33 heavy (non-hydrogen) atoms. The summed E-state index contributed by atoms with van der Waals surface area (Å²) in [6.07, 6.45) is 4.54. The maximum absolute atomic E-state index is 14.1. The molecule has 3 aromatic rings. The van der Waals surface area contributed by atoms with Gasteiger partial charge in [-0.15, -0.1) is 0 Å². The van der Waals surface area contributed by atoms with E-state index in [1.807, 2.05) is 13.0 Å². The first-order valence-electron chi connectivity index (χ1n) is 10.7. The molecule has 2 aromatic heterocycles. The number of hydrogen-bond acceptors (Lipinski definition) is 4. The number of pyridine rings is 1. The smallest absolute Gasteiger partial charge is 0.243 e. The molecule has 1 aromatic carbocycles. The molecule has 1 aliphatic rings. The maximum Gasteiger partial charge on any atom is 0.243 e. The fourth-order valence-electron chi connectivity index (χ4n) is 4.26. The summed E-state index contributed by atoms with van der Waals surface area (Å²) in [6.45, 7) is 3.76. The number of hydrogen-bond donors (Lipinski definition) is 1. The number of aromatic nitrogens is 2. The first-order valence-corrected chi connectivity index (χ1v) is 11.1.